The fourth-order valence-corrected chi connectivity index (χ4v) is 3.86. The molecular formula is C23H32N2O4. The van der Waals surface area contributed by atoms with Gasteiger partial charge in [0, 0.05) is 49.7 Å². The summed E-state index contributed by atoms with van der Waals surface area (Å²) in [5.74, 6) is 1.51. The van der Waals surface area contributed by atoms with Crippen LogP contribution in [0, 0.1) is 0 Å². The van der Waals surface area contributed by atoms with Crippen molar-refractivity contribution >= 4 is 17.9 Å². The van der Waals surface area contributed by atoms with Gasteiger partial charge in [0.15, 0.2) is 0 Å². The minimum atomic E-state index is -0.217. The van der Waals surface area contributed by atoms with Gasteiger partial charge in [-0.25, -0.2) is 0 Å². The molecule has 1 aromatic carbocycles. The summed E-state index contributed by atoms with van der Waals surface area (Å²) >= 11 is 0. The van der Waals surface area contributed by atoms with E-state index in [0.29, 0.717) is 19.6 Å². The number of amides is 2. The monoisotopic (exact) mass is 400 g/mol. The highest BCUT2D eigenvalue weighted by Gasteiger charge is 2.21. The highest BCUT2D eigenvalue weighted by atomic mass is 16.5. The number of benzene rings is 1. The van der Waals surface area contributed by atoms with Crippen molar-refractivity contribution in [1.29, 1.82) is 0 Å². The number of nitrogens with zero attached hydrogens (tertiary/aromatic N) is 1. The molecule has 1 unspecified atom stereocenters. The summed E-state index contributed by atoms with van der Waals surface area (Å²) < 4.78 is 11.5. The van der Waals surface area contributed by atoms with Crippen LogP contribution in [-0.2, 0) is 16.0 Å². The summed E-state index contributed by atoms with van der Waals surface area (Å²) in [6.45, 7) is 6.56. The van der Waals surface area contributed by atoms with Crippen molar-refractivity contribution in [2.24, 2.45) is 0 Å². The number of hydrogen-bond donors (Lipinski definition) is 1. The van der Waals surface area contributed by atoms with E-state index in [4.69, 9.17) is 9.47 Å². The lowest BCUT2D eigenvalue weighted by Gasteiger charge is -2.20. The third kappa shape index (κ3) is 5.99. The Morgan fingerprint density at radius 1 is 1.24 bits per heavy atom. The van der Waals surface area contributed by atoms with E-state index in [1.807, 2.05) is 30.9 Å². The molecule has 0 saturated carbocycles. The molecule has 0 bridgehead atoms. The van der Waals surface area contributed by atoms with Gasteiger partial charge in [-0.05, 0) is 44.9 Å². The third-order valence-corrected chi connectivity index (χ3v) is 5.34. The van der Waals surface area contributed by atoms with E-state index in [2.05, 4.69) is 5.32 Å². The first-order valence-corrected chi connectivity index (χ1v) is 10.8. The first kappa shape index (κ1) is 21.2. The lowest BCUT2D eigenvalue weighted by atomic mass is 10.1. The SMILES string of the molecule is CCOc1cc2c(cc1/C=C/C(=O)NCCC(=O)N1CCCCCC1)OC(C)C2. The quantitative estimate of drug-likeness (QED) is 0.713. The predicted molar refractivity (Wildman–Crippen MR) is 113 cm³/mol. The van der Waals surface area contributed by atoms with Crippen molar-refractivity contribution in [3.05, 3.63) is 29.3 Å². The summed E-state index contributed by atoms with van der Waals surface area (Å²) in [6.07, 6.45) is 9.13. The first-order chi connectivity index (χ1) is 14.1. The van der Waals surface area contributed by atoms with Crippen LogP contribution in [0.15, 0.2) is 18.2 Å². The summed E-state index contributed by atoms with van der Waals surface area (Å²) in [7, 11) is 0. The molecule has 1 fully saturated rings. The predicted octanol–water partition coefficient (Wildman–Crippen LogP) is 3.33. The Morgan fingerprint density at radius 3 is 2.72 bits per heavy atom. The van der Waals surface area contributed by atoms with Crippen LogP contribution in [0.3, 0.4) is 0 Å². The fourth-order valence-electron chi connectivity index (χ4n) is 3.86. The molecular weight excluding hydrogens is 368 g/mol. The van der Waals surface area contributed by atoms with Crippen molar-refractivity contribution in [2.45, 2.75) is 58.5 Å². The van der Waals surface area contributed by atoms with E-state index in [-0.39, 0.29) is 17.9 Å². The van der Waals surface area contributed by atoms with E-state index in [1.165, 1.54) is 18.9 Å². The van der Waals surface area contributed by atoms with Crippen LogP contribution in [0.4, 0.5) is 0 Å². The smallest absolute Gasteiger partial charge is 0.244 e. The Morgan fingerprint density at radius 2 is 2.00 bits per heavy atom. The van der Waals surface area contributed by atoms with E-state index in [1.54, 1.807) is 6.08 Å². The molecule has 0 spiro atoms. The zero-order valence-corrected chi connectivity index (χ0v) is 17.5. The lowest BCUT2D eigenvalue weighted by Crippen LogP contribution is -2.34. The molecule has 0 aromatic heterocycles. The van der Waals surface area contributed by atoms with Gasteiger partial charge < -0.3 is 19.7 Å². The van der Waals surface area contributed by atoms with Crippen LogP contribution in [0.25, 0.3) is 6.08 Å². The summed E-state index contributed by atoms with van der Waals surface area (Å²) in [6, 6.07) is 3.93. The van der Waals surface area contributed by atoms with Crippen molar-refractivity contribution in [3.8, 4) is 11.5 Å². The second-order valence-corrected chi connectivity index (χ2v) is 7.73. The van der Waals surface area contributed by atoms with Crippen molar-refractivity contribution in [1.82, 2.24) is 10.2 Å². The van der Waals surface area contributed by atoms with E-state index >= 15 is 0 Å². The van der Waals surface area contributed by atoms with Crippen LogP contribution in [0.5, 0.6) is 11.5 Å². The van der Waals surface area contributed by atoms with Gasteiger partial charge in [-0.15, -0.1) is 0 Å². The summed E-state index contributed by atoms with van der Waals surface area (Å²) in [5, 5.41) is 2.80. The number of likely N-dealkylation sites (tertiary alicyclic amines) is 1. The maximum absolute atomic E-state index is 12.3. The molecule has 1 aromatic rings. The van der Waals surface area contributed by atoms with Gasteiger partial charge in [-0.3, -0.25) is 9.59 Å². The normalized spacial score (nSPS) is 18.8. The number of carbonyl (C=O) groups is 2. The molecule has 3 rings (SSSR count). The number of nitrogens with one attached hydrogen (secondary N) is 1. The number of rotatable bonds is 7. The molecule has 0 radical (unpaired) electrons. The van der Waals surface area contributed by atoms with Crippen LogP contribution >= 0.6 is 0 Å². The van der Waals surface area contributed by atoms with Crippen LogP contribution in [-0.4, -0.2) is 49.1 Å². The number of carbonyl (C=O) groups excluding carboxylic acids is 2. The van der Waals surface area contributed by atoms with E-state index < -0.39 is 0 Å². The summed E-state index contributed by atoms with van der Waals surface area (Å²) in [4.78, 5) is 26.4. The maximum atomic E-state index is 12.3. The molecule has 2 heterocycles. The van der Waals surface area contributed by atoms with Crippen LogP contribution in [0.2, 0.25) is 0 Å². The Kier molecular flexibility index (Phi) is 7.55. The minimum absolute atomic E-state index is 0.125. The molecule has 158 valence electrons. The maximum Gasteiger partial charge on any atom is 0.244 e. The van der Waals surface area contributed by atoms with E-state index in [9.17, 15) is 9.59 Å². The topological polar surface area (TPSA) is 67.9 Å². The average molecular weight is 401 g/mol. The van der Waals surface area contributed by atoms with Gasteiger partial charge in [-0.2, -0.15) is 0 Å². The van der Waals surface area contributed by atoms with Gasteiger partial charge in [0.05, 0.1) is 6.61 Å². The second-order valence-electron chi connectivity index (χ2n) is 7.73. The molecule has 0 aliphatic carbocycles. The fraction of sp³-hybridized carbons (Fsp3) is 0.565. The third-order valence-electron chi connectivity index (χ3n) is 5.34. The Labute approximate surface area is 173 Å². The molecule has 1 saturated heterocycles. The largest absolute Gasteiger partial charge is 0.493 e. The van der Waals surface area contributed by atoms with Gasteiger partial charge in [0.1, 0.15) is 17.6 Å². The first-order valence-electron chi connectivity index (χ1n) is 10.8. The zero-order chi connectivity index (χ0) is 20.6. The molecule has 29 heavy (non-hydrogen) atoms. The standard InChI is InChI=1S/C23H32N2O4/c1-3-28-20-16-19-14-17(2)29-21(19)15-18(20)8-9-22(26)24-11-10-23(27)25-12-6-4-5-7-13-25/h8-9,15-17H,3-7,10-14H2,1-2H3,(H,24,26)/b9-8+. The highest BCUT2D eigenvalue weighted by molar-refractivity contribution is 5.92. The minimum Gasteiger partial charge on any atom is -0.493 e. The van der Waals surface area contributed by atoms with Crippen LogP contribution in [0.1, 0.15) is 57.1 Å². The zero-order valence-electron chi connectivity index (χ0n) is 17.5. The Bertz CT molecular complexity index is 751. The van der Waals surface area contributed by atoms with Gasteiger partial charge in [0.2, 0.25) is 11.8 Å². The van der Waals surface area contributed by atoms with E-state index in [0.717, 1.165) is 55.0 Å². The van der Waals surface area contributed by atoms with Crippen molar-refractivity contribution < 1.29 is 19.1 Å². The molecule has 6 heteroatoms. The molecule has 2 aliphatic heterocycles. The van der Waals surface area contributed by atoms with Crippen molar-refractivity contribution in [2.75, 3.05) is 26.2 Å². The van der Waals surface area contributed by atoms with Gasteiger partial charge >= 0.3 is 0 Å². The number of fused-ring (bicyclic) bond motifs is 1. The molecule has 1 atom stereocenters. The number of hydrogen-bond acceptors (Lipinski definition) is 4. The highest BCUT2D eigenvalue weighted by Crippen LogP contribution is 2.35. The van der Waals surface area contributed by atoms with Crippen LogP contribution < -0.4 is 14.8 Å². The Hall–Kier alpha value is -2.50. The molecule has 1 N–H and O–H groups in total. The second kappa shape index (κ2) is 10.3. The molecule has 2 amide bonds. The van der Waals surface area contributed by atoms with Gasteiger partial charge in [-0.1, -0.05) is 12.8 Å². The van der Waals surface area contributed by atoms with Gasteiger partial charge in [0.25, 0.3) is 0 Å². The Balaban J connectivity index is 1.52. The summed E-state index contributed by atoms with van der Waals surface area (Å²) in [5.41, 5.74) is 1.95. The number of ether oxygens (including phenoxy) is 2. The molecule has 2 aliphatic rings. The lowest BCUT2D eigenvalue weighted by molar-refractivity contribution is -0.131. The molecule has 6 nitrogen and oxygen atoms in total. The van der Waals surface area contributed by atoms with Crippen molar-refractivity contribution in [3.63, 3.8) is 0 Å². The average Bonchev–Trinajstić information content (AvgIpc) is 2.89.